The number of aliphatic hydroxyl groups excluding tert-OH is 2. The van der Waals surface area contributed by atoms with Crippen molar-refractivity contribution < 1.29 is 14.9 Å². The summed E-state index contributed by atoms with van der Waals surface area (Å²) >= 11 is 0. The maximum Gasteiger partial charge on any atom is 0.167 e. The molecule has 0 aromatic carbocycles. The molecule has 2 aromatic rings. The third kappa shape index (κ3) is 2.14. The zero-order valence-corrected chi connectivity index (χ0v) is 11.8. The molecule has 0 saturated carbocycles. The Labute approximate surface area is 121 Å². The largest absolute Gasteiger partial charge is 0.394 e. The minimum atomic E-state index is -0.947. The van der Waals surface area contributed by atoms with E-state index in [1.165, 1.54) is 12.7 Å². The van der Waals surface area contributed by atoms with Crippen LogP contribution >= 0.6 is 0 Å². The average molecular weight is 294 g/mol. The Bertz CT molecular complexity index is 645. The molecule has 2 aromatic heterocycles. The predicted octanol–water partition coefficient (Wildman–Crippen LogP) is -1.53. The molecule has 9 heteroatoms. The van der Waals surface area contributed by atoms with Crippen molar-refractivity contribution in [1.82, 2.24) is 19.5 Å². The van der Waals surface area contributed by atoms with Gasteiger partial charge < -0.3 is 25.6 Å². The lowest BCUT2D eigenvalue weighted by molar-refractivity contribution is -0.0488. The van der Waals surface area contributed by atoms with Gasteiger partial charge in [0.15, 0.2) is 23.2 Å². The standard InChI is InChI=1S/C12H18N6O3/c1-17(2)10-8-11(15-4-14-10)18(5-16-8)12-9(20)7(13)6(3-19)21-12/h4-7,9,12,19-20H,3,13H2,1-2H3/t6-,7+,9+,12-/m1/s1. The van der Waals surface area contributed by atoms with Gasteiger partial charge in [-0.1, -0.05) is 0 Å². The number of aromatic nitrogens is 4. The first-order valence-corrected chi connectivity index (χ1v) is 6.59. The Balaban J connectivity index is 2.04. The summed E-state index contributed by atoms with van der Waals surface area (Å²) in [6, 6.07) is -0.660. The summed E-state index contributed by atoms with van der Waals surface area (Å²) in [7, 11) is 3.72. The second kappa shape index (κ2) is 5.19. The quantitative estimate of drug-likeness (QED) is 0.623. The van der Waals surface area contributed by atoms with Crippen LogP contribution in [0.3, 0.4) is 0 Å². The number of anilines is 1. The third-order valence-electron chi connectivity index (χ3n) is 3.65. The summed E-state index contributed by atoms with van der Waals surface area (Å²) in [5, 5.41) is 19.4. The molecule has 3 rings (SSSR count). The topological polar surface area (TPSA) is 123 Å². The number of hydrogen-bond donors (Lipinski definition) is 3. The fraction of sp³-hybridized carbons (Fsp3) is 0.583. The van der Waals surface area contributed by atoms with Crippen molar-refractivity contribution in [3.63, 3.8) is 0 Å². The molecule has 0 bridgehead atoms. The number of hydrogen-bond acceptors (Lipinski definition) is 8. The maximum absolute atomic E-state index is 10.2. The predicted molar refractivity (Wildman–Crippen MR) is 74.6 cm³/mol. The number of aliphatic hydroxyl groups is 2. The summed E-state index contributed by atoms with van der Waals surface area (Å²) in [5.74, 6) is 0.675. The van der Waals surface area contributed by atoms with Gasteiger partial charge in [-0.15, -0.1) is 0 Å². The average Bonchev–Trinajstić information content (AvgIpc) is 3.01. The van der Waals surface area contributed by atoms with Gasteiger partial charge in [0.25, 0.3) is 0 Å². The first-order chi connectivity index (χ1) is 10.0. The number of fused-ring (bicyclic) bond motifs is 1. The van der Waals surface area contributed by atoms with E-state index in [9.17, 15) is 10.2 Å². The number of ether oxygens (including phenoxy) is 1. The van der Waals surface area contributed by atoms with Crippen molar-refractivity contribution in [2.45, 2.75) is 24.5 Å². The molecule has 0 amide bonds. The normalized spacial score (nSPS) is 29.2. The Morgan fingerprint density at radius 2 is 2.14 bits per heavy atom. The molecule has 0 radical (unpaired) electrons. The number of rotatable bonds is 3. The fourth-order valence-electron chi connectivity index (χ4n) is 2.51. The minimum absolute atomic E-state index is 0.251. The van der Waals surface area contributed by atoms with E-state index in [-0.39, 0.29) is 6.61 Å². The van der Waals surface area contributed by atoms with Gasteiger partial charge in [-0.05, 0) is 0 Å². The molecular formula is C12H18N6O3. The summed E-state index contributed by atoms with van der Waals surface area (Å²) in [6.07, 6.45) is 0.676. The van der Waals surface area contributed by atoms with Crippen LogP contribution in [-0.2, 0) is 4.74 Å². The fourth-order valence-corrected chi connectivity index (χ4v) is 2.51. The molecule has 4 N–H and O–H groups in total. The van der Waals surface area contributed by atoms with Crippen LogP contribution in [0, 0.1) is 0 Å². The number of imidazole rings is 1. The van der Waals surface area contributed by atoms with Crippen molar-refractivity contribution in [2.75, 3.05) is 25.6 Å². The summed E-state index contributed by atoms with van der Waals surface area (Å²) in [6.45, 7) is -0.251. The maximum atomic E-state index is 10.2. The molecule has 4 atom stereocenters. The van der Waals surface area contributed by atoms with Crippen LogP contribution in [-0.4, -0.2) is 68.7 Å². The summed E-state index contributed by atoms with van der Waals surface area (Å²) in [5.41, 5.74) is 7.00. The smallest absolute Gasteiger partial charge is 0.167 e. The van der Waals surface area contributed by atoms with E-state index in [1.54, 1.807) is 4.57 Å². The molecule has 114 valence electrons. The van der Waals surface area contributed by atoms with Gasteiger partial charge >= 0.3 is 0 Å². The van der Waals surface area contributed by atoms with Crippen molar-refractivity contribution in [3.8, 4) is 0 Å². The molecule has 1 aliphatic heterocycles. The van der Waals surface area contributed by atoms with E-state index >= 15 is 0 Å². The Hall–Kier alpha value is -1.81. The van der Waals surface area contributed by atoms with Crippen LogP contribution in [0.1, 0.15) is 6.23 Å². The van der Waals surface area contributed by atoms with Crippen molar-refractivity contribution in [1.29, 1.82) is 0 Å². The first-order valence-electron chi connectivity index (χ1n) is 6.59. The zero-order chi connectivity index (χ0) is 15.1. The molecule has 1 saturated heterocycles. The lowest BCUT2D eigenvalue weighted by Crippen LogP contribution is -2.41. The second-order valence-corrected chi connectivity index (χ2v) is 5.23. The van der Waals surface area contributed by atoms with Crippen LogP contribution in [0.15, 0.2) is 12.7 Å². The Morgan fingerprint density at radius 1 is 1.38 bits per heavy atom. The van der Waals surface area contributed by atoms with E-state index in [1.807, 2.05) is 19.0 Å². The van der Waals surface area contributed by atoms with Gasteiger partial charge in [-0.3, -0.25) is 4.57 Å². The molecule has 0 unspecified atom stereocenters. The van der Waals surface area contributed by atoms with Crippen LogP contribution < -0.4 is 10.6 Å². The monoisotopic (exact) mass is 294 g/mol. The van der Waals surface area contributed by atoms with Gasteiger partial charge in [-0.25, -0.2) is 15.0 Å². The van der Waals surface area contributed by atoms with E-state index < -0.39 is 24.5 Å². The van der Waals surface area contributed by atoms with Crippen LogP contribution in [0.2, 0.25) is 0 Å². The molecule has 1 aliphatic rings. The van der Waals surface area contributed by atoms with Crippen molar-refractivity contribution >= 4 is 17.0 Å². The van der Waals surface area contributed by atoms with E-state index in [2.05, 4.69) is 15.0 Å². The van der Waals surface area contributed by atoms with E-state index in [0.717, 1.165) is 0 Å². The lowest BCUT2D eigenvalue weighted by Gasteiger charge is -2.17. The summed E-state index contributed by atoms with van der Waals surface area (Å²) < 4.78 is 7.23. The van der Waals surface area contributed by atoms with Gasteiger partial charge in [-0.2, -0.15) is 0 Å². The second-order valence-electron chi connectivity index (χ2n) is 5.23. The van der Waals surface area contributed by atoms with Gasteiger partial charge in [0.1, 0.15) is 18.5 Å². The minimum Gasteiger partial charge on any atom is -0.394 e. The third-order valence-corrected chi connectivity index (χ3v) is 3.65. The summed E-state index contributed by atoms with van der Waals surface area (Å²) in [4.78, 5) is 14.5. The van der Waals surface area contributed by atoms with Crippen molar-refractivity contribution in [2.24, 2.45) is 5.73 Å². The molecule has 0 spiro atoms. The van der Waals surface area contributed by atoms with E-state index in [4.69, 9.17) is 10.5 Å². The van der Waals surface area contributed by atoms with Gasteiger partial charge in [0.05, 0.1) is 19.0 Å². The zero-order valence-electron chi connectivity index (χ0n) is 11.8. The van der Waals surface area contributed by atoms with Gasteiger partial charge in [0.2, 0.25) is 0 Å². The highest BCUT2D eigenvalue weighted by Crippen LogP contribution is 2.31. The van der Waals surface area contributed by atoms with Crippen LogP contribution in [0.25, 0.3) is 11.2 Å². The molecule has 1 fully saturated rings. The highest BCUT2D eigenvalue weighted by Gasteiger charge is 2.42. The van der Waals surface area contributed by atoms with Crippen LogP contribution in [0.4, 0.5) is 5.82 Å². The Kier molecular flexibility index (Phi) is 3.49. The van der Waals surface area contributed by atoms with Crippen LogP contribution in [0.5, 0.6) is 0 Å². The lowest BCUT2D eigenvalue weighted by atomic mass is 10.1. The highest BCUT2D eigenvalue weighted by molar-refractivity contribution is 5.83. The number of nitrogens with zero attached hydrogens (tertiary/aromatic N) is 5. The molecule has 9 nitrogen and oxygen atoms in total. The molecule has 0 aliphatic carbocycles. The highest BCUT2D eigenvalue weighted by atomic mass is 16.5. The molecular weight excluding hydrogens is 276 g/mol. The van der Waals surface area contributed by atoms with Crippen molar-refractivity contribution in [3.05, 3.63) is 12.7 Å². The Morgan fingerprint density at radius 3 is 2.76 bits per heavy atom. The van der Waals surface area contributed by atoms with E-state index in [0.29, 0.717) is 17.0 Å². The molecule has 3 heterocycles. The van der Waals surface area contributed by atoms with Gasteiger partial charge in [0, 0.05) is 14.1 Å². The molecule has 21 heavy (non-hydrogen) atoms. The number of nitrogens with two attached hydrogens (primary N) is 1. The SMILES string of the molecule is CN(C)c1ncnc2c1ncn2[C@@H]1O[C@H](CO)[C@H](N)[C@@H]1O. The first kappa shape index (κ1) is 14.1.